The largest absolute Gasteiger partial charge is 0.348 e. The molecule has 0 unspecified atom stereocenters. The summed E-state index contributed by atoms with van der Waals surface area (Å²) in [5, 5.41) is 0. The van der Waals surface area contributed by atoms with Crippen LogP contribution in [0.5, 0.6) is 0 Å². The van der Waals surface area contributed by atoms with Gasteiger partial charge in [0.25, 0.3) is 0 Å². The van der Waals surface area contributed by atoms with E-state index in [0.717, 1.165) is 11.1 Å². The monoisotopic (exact) mass is 390 g/mol. The topological polar surface area (TPSA) is 75.5 Å². The maximum atomic E-state index is 13.2. The van der Waals surface area contributed by atoms with Gasteiger partial charge in [-0.3, -0.25) is 4.79 Å². The predicted octanol–water partition coefficient (Wildman–Crippen LogP) is 1.90. The molecule has 1 aromatic carbocycles. The summed E-state index contributed by atoms with van der Waals surface area (Å²) in [5.41, 5.74) is 2.51. The van der Waals surface area contributed by atoms with E-state index in [1.54, 1.807) is 26.2 Å². The molecule has 1 aliphatic heterocycles. The highest BCUT2D eigenvalue weighted by atomic mass is 32.2. The summed E-state index contributed by atoms with van der Waals surface area (Å²) in [4.78, 5) is 18.3. The summed E-state index contributed by atoms with van der Waals surface area (Å²) in [6, 6.07) is 4.97. The average molecular weight is 391 g/mol. The molecule has 1 atom stereocenters. The predicted molar refractivity (Wildman–Crippen MR) is 103 cm³/mol. The maximum Gasteiger partial charge on any atom is 0.243 e. The van der Waals surface area contributed by atoms with Crippen LogP contribution in [0.3, 0.4) is 0 Å². The molecule has 0 saturated heterocycles. The third-order valence-corrected chi connectivity index (χ3v) is 6.80. The van der Waals surface area contributed by atoms with Gasteiger partial charge >= 0.3 is 0 Å². The molecule has 0 radical (unpaired) electrons. The van der Waals surface area contributed by atoms with E-state index < -0.39 is 16.1 Å². The van der Waals surface area contributed by atoms with E-state index >= 15 is 0 Å². The minimum Gasteiger partial charge on any atom is -0.348 e. The van der Waals surface area contributed by atoms with Gasteiger partial charge in [0.05, 0.1) is 23.1 Å². The first kappa shape index (κ1) is 19.6. The highest BCUT2D eigenvalue weighted by Gasteiger charge is 2.35. The number of benzene rings is 1. The van der Waals surface area contributed by atoms with E-state index in [-0.39, 0.29) is 12.3 Å². The normalized spacial score (nSPS) is 17.6. The molecule has 2 heterocycles. The van der Waals surface area contributed by atoms with E-state index in [4.69, 9.17) is 0 Å². The Kier molecular flexibility index (Phi) is 5.14. The van der Waals surface area contributed by atoms with Crippen LogP contribution in [0.2, 0.25) is 0 Å². The van der Waals surface area contributed by atoms with Gasteiger partial charge in [0.2, 0.25) is 15.9 Å². The fourth-order valence-electron chi connectivity index (χ4n) is 3.47. The van der Waals surface area contributed by atoms with Crippen LogP contribution in [-0.2, 0) is 27.8 Å². The van der Waals surface area contributed by atoms with Crippen molar-refractivity contribution in [2.45, 2.75) is 44.7 Å². The van der Waals surface area contributed by atoms with Gasteiger partial charge in [0.1, 0.15) is 5.82 Å². The molecular weight excluding hydrogens is 364 g/mol. The number of hydrogen-bond donors (Lipinski definition) is 0. The second-order valence-corrected chi connectivity index (χ2v) is 9.25. The van der Waals surface area contributed by atoms with Crippen LogP contribution in [0, 0.1) is 13.8 Å². The zero-order chi connectivity index (χ0) is 19.9. The third-order valence-electron chi connectivity index (χ3n) is 4.86. The Morgan fingerprint density at radius 3 is 2.41 bits per heavy atom. The number of likely N-dealkylation sites (N-methyl/N-ethyl adjacent to an activating group) is 1. The molecule has 8 heteroatoms. The summed E-state index contributed by atoms with van der Waals surface area (Å²) in [6.07, 6.45) is 2.07. The highest BCUT2D eigenvalue weighted by molar-refractivity contribution is 7.89. The van der Waals surface area contributed by atoms with Gasteiger partial charge in [-0.15, -0.1) is 0 Å². The molecule has 146 valence electrons. The van der Waals surface area contributed by atoms with Crippen LogP contribution < -0.4 is 0 Å². The molecule has 0 bridgehead atoms. The van der Waals surface area contributed by atoms with E-state index in [1.807, 2.05) is 37.6 Å². The fourth-order valence-corrected chi connectivity index (χ4v) is 5.24. The number of aryl methyl sites for hydroxylation is 2. The first-order valence-electron chi connectivity index (χ1n) is 8.96. The van der Waals surface area contributed by atoms with Gasteiger partial charge in [0.15, 0.2) is 0 Å². The summed E-state index contributed by atoms with van der Waals surface area (Å²) in [6.45, 7) is 6.53. The first-order valence-corrected chi connectivity index (χ1v) is 10.4. The molecule has 2 aromatic rings. The lowest BCUT2D eigenvalue weighted by molar-refractivity contribution is -0.128. The quantitative estimate of drug-likeness (QED) is 0.799. The van der Waals surface area contributed by atoms with Gasteiger partial charge in [-0.1, -0.05) is 6.07 Å². The molecule has 0 fully saturated rings. The lowest BCUT2D eigenvalue weighted by atomic mass is 10.2. The number of amides is 1. The maximum absolute atomic E-state index is 13.2. The van der Waals surface area contributed by atoms with Crippen LogP contribution in [-0.4, -0.2) is 53.7 Å². The second kappa shape index (κ2) is 7.09. The number of aromatic nitrogens is 2. The smallest absolute Gasteiger partial charge is 0.243 e. The van der Waals surface area contributed by atoms with Gasteiger partial charge in [-0.05, 0) is 44.0 Å². The SMILES string of the molecule is Cc1cc(C)cc(S(=O)(=O)N2CCn3cc(CC(=O)N(C)C)nc3[C@H]2C)c1. The van der Waals surface area contributed by atoms with Gasteiger partial charge in [-0.2, -0.15) is 4.31 Å². The minimum atomic E-state index is -3.62. The Labute approximate surface area is 160 Å². The molecule has 3 rings (SSSR count). The zero-order valence-electron chi connectivity index (χ0n) is 16.4. The van der Waals surface area contributed by atoms with Crippen molar-refractivity contribution in [3.8, 4) is 0 Å². The van der Waals surface area contributed by atoms with E-state index in [9.17, 15) is 13.2 Å². The average Bonchev–Trinajstić information content (AvgIpc) is 2.97. The van der Waals surface area contributed by atoms with Crippen LogP contribution >= 0.6 is 0 Å². The number of imidazole rings is 1. The molecule has 0 spiro atoms. The highest BCUT2D eigenvalue weighted by Crippen LogP contribution is 2.31. The standard InChI is InChI=1S/C19H26N4O3S/c1-13-8-14(2)10-17(9-13)27(25,26)23-7-6-22-12-16(11-18(24)21(4)5)20-19(22)15(23)3/h8-10,12,15H,6-7,11H2,1-5H3/t15-/m1/s1. The van der Waals surface area contributed by atoms with E-state index in [0.29, 0.717) is 29.5 Å². The lowest BCUT2D eigenvalue weighted by Gasteiger charge is -2.32. The molecule has 1 aliphatic rings. The lowest BCUT2D eigenvalue weighted by Crippen LogP contribution is -2.41. The van der Waals surface area contributed by atoms with Crippen molar-refractivity contribution in [2.24, 2.45) is 0 Å². The molecule has 7 nitrogen and oxygen atoms in total. The fraction of sp³-hybridized carbons (Fsp3) is 0.474. The van der Waals surface area contributed by atoms with Crippen molar-refractivity contribution in [1.82, 2.24) is 18.8 Å². The van der Waals surface area contributed by atoms with E-state index in [2.05, 4.69) is 4.98 Å². The van der Waals surface area contributed by atoms with Crippen LogP contribution in [0.1, 0.15) is 35.6 Å². The molecule has 0 N–H and O–H groups in total. The van der Waals surface area contributed by atoms with Gasteiger partial charge in [0, 0.05) is 33.4 Å². The van der Waals surface area contributed by atoms with Crippen LogP contribution in [0.4, 0.5) is 0 Å². The van der Waals surface area contributed by atoms with Crippen LogP contribution in [0.15, 0.2) is 29.3 Å². The Bertz CT molecular complexity index is 959. The molecule has 0 aliphatic carbocycles. The Morgan fingerprint density at radius 2 is 1.81 bits per heavy atom. The van der Waals surface area contributed by atoms with Crippen molar-refractivity contribution in [2.75, 3.05) is 20.6 Å². The number of fused-ring (bicyclic) bond motifs is 1. The van der Waals surface area contributed by atoms with Crippen molar-refractivity contribution >= 4 is 15.9 Å². The summed E-state index contributed by atoms with van der Waals surface area (Å²) >= 11 is 0. The third kappa shape index (κ3) is 3.77. The number of carbonyl (C=O) groups is 1. The zero-order valence-corrected chi connectivity index (χ0v) is 17.2. The summed E-state index contributed by atoms with van der Waals surface area (Å²) in [7, 11) is -0.206. The van der Waals surface area contributed by atoms with Crippen molar-refractivity contribution in [3.63, 3.8) is 0 Å². The van der Waals surface area contributed by atoms with Gasteiger partial charge in [-0.25, -0.2) is 13.4 Å². The molecule has 0 saturated carbocycles. The van der Waals surface area contributed by atoms with Crippen molar-refractivity contribution in [3.05, 3.63) is 47.0 Å². The summed E-state index contributed by atoms with van der Waals surface area (Å²) < 4.78 is 29.9. The van der Waals surface area contributed by atoms with Gasteiger partial charge < -0.3 is 9.47 Å². The second-order valence-electron chi connectivity index (χ2n) is 7.36. The number of hydrogen-bond acceptors (Lipinski definition) is 4. The Hall–Kier alpha value is -2.19. The first-order chi connectivity index (χ1) is 12.6. The summed E-state index contributed by atoms with van der Waals surface area (Å²) in [5.74, 6) is 0.647. The Balaban J connectivity index is 1.91. The number of rotatable bonds is 4. The number of carbonyl (C=O) groups excluding carboxylic acids is 1. The van der Waals surface area contributed by atoms with Crippen molar-refractivity contribution < 1.29 is 13.2 Å². The molecule has 27 heavy (non-hydrogen) atoms. The number of nitrogens with zero attached hydrogens (tertiary/aromatic N) is 4. The minimum absolute atomic E-state index is 0.0298. The van der Waals surface area contributed by atoms with Crippen molar-refractivity contribution in [1.29, 1.82) is 0 Å². The Morgan fingerprint density at radius 1 is 1.19 bits per heavy atom. The number of sulfonamides is 1. The molecular formula is C19H26N4O3S. The van der Waals surface area contributed by atoms with Crippen LogP contribution in [0.25, 0.3) is 0 Å². The van der Waals surface area contributed by atoms with E-state index in [1.165, 1.54) is 9.21 Å². The molecule has 1 aromatic heterocycles. The molecule has 1 amide bonds.